The number of fused-ring (bicyclic) bond motifs is 1. The molecule has 1 N–H and O–H groups in total. The minimum Gasteiger partial charge on any atom is -0.260 e. The highest BCUT2D eigenvalue weighted by atomic mass is 35.5. The third kappa shape index (κ3) is 1.69. The summed E-state index contributed by atoms with van der Waals surface area (Å²) < 4.78 is 0. The first-order valence-corrected chi connectivity index (χ1v) is 5.69. The van der Waals surface area contributed by atoms with Crippen LogP contribution in [0.1, 0.15) is 12.8 Å². The van der Waals surface area contributed by atoms with E-state index in [1.165, 1.54) is 5.71 Å². The molecule has 0 aromatic carbocycles. The van der Waals surface area contributed by atoms with Gasteiger partial charge in [0.15, 0.2) is 11.0 Å². The van der Waals surface area contributed by atoms with Crippen molar-refractivity contribution in [2.45, 2.75) is 12.8 Å². The van der Waals surface area contributed by atoms with Crippen LogP contribution in [-0.4, -0.2) is 15.9 Å². The molecule has 2 atom stereocenters. The first-order chi connectivity index (χ1) is 7.83. The molecule has 1 saturated carbocycles. The van der Waals surface area contributed by atoms with Gasteiger partial charge in [-0.15, -0.1) is 10.2 Å². The number of allylic oxidation sites excluding steroid dienone is 2. The number of halogens is 1. The van der Waals surface area contributed by atoms with Crippen molar-refractivity contribution in [1.29, 1.82) is 0 Å². The highest BCUT2D eigenvalue weighted by molar-refractivity contribution is 6.29. The van der Waals surface area contributed by atoms with Crippen LogP contribution in [0, 0.1) is 11.8 Å². The molecule has 0 spiro atoms. The van der Waals surface area contributed by atoms with Gasteiger partial charge < -0.3 is 0 Å². The molecule has 1 heterocycles. The number of anilines is 1. The van der Waals surface area contributed by atoms with Crippen molar-refractivity contribution in [3.63, 3.8) is 0 Å². The van der Waals surface area contributed by atoms with Crippen LogP contribution in [0.4, 0.5) is 5.82 Å². The van der Waals surface area contributed by atoms with Crippen LogP contribution in [0.5, 0.6) is 0 Å². The van der Waals surface area contributed by atoms with Crippen LogP contribution in [0.2, 0.25) is 5.15 Å². The van der Waals surface area contributed by atoms with E-state index in [0.29, 0.717) is 16.9 Å². The molecule has 2 aliphatic carbocycles. The molecule has 2 aliphatic rings. The van der Waals surface area contributed by atoms with Crippen LogP contribution in [-0.2, 0) is 0 Å². The van der Waals surface area contributed by atoms with Crippen molar-refractivity contribution < 1.29 is 0 Å². The van der Waals surface area contributed by atoms with E-state index >= 15 is 0 Å². The second kappa shape index (κ2) is 3.87. The summed E-state index contributed by atoms with van der Waals surface area (Å²) in [6.07, 6.45) is 6.71. The van der Waals surface area contributed by atoms with Gasteiger partial charge in [-0.25, -0.2) is 0 Å². The smallest absolute Gasteiger partial charge is 0.168 e. The summed E-state index contributed by atoms with van der Waals surface area (Å²) in [5, 5.41) is 12.4. The lowest BCUT2D eigenvalue weighted by atomic mass is 9.74. The highest BCUT2D eigenvalue weighted by Crippen LogP contribution is 2.40. The van der Waals surface area contributed by atoms with Crippen LogP contribution >= 0.6 is 11.6 Å². The average molecular weight is 235 g/mol. The summed E-state index contributed by atoms with van der Waals surface area (Å²) in [7, 11) is 0. The molecule has 0 bridgehead atoms. The summed E-state index contributed by atoms with van der Waals surface area (Å²) in [6, 6.07) is 3.46. The zero-order chi connectivity index (χ0) is 11.0. The molecule has 0 unspecified atom stereocenters. The number of nitrogens with zero attached hydrogens (tertiary/aromatic N) is 3. The van der Waals surface area contributed by atoms with Crippen molar-refractivity contribution in [3.05, 3.63) is 29.4 Å². The van der Waals surface area contributed by atoms with E-state index < -0.39 is 0 Å². The molecule has 1 aromatic rings. The predicted molar refractivity (Wildman–Crippen MR) is 63.5 cm³/mol. The van der Waals surface area contributed by atoms with E-state index in [-0.39, 0.29) is 0 Å². The number of nitrogens with one attached hydrogen (secondary N) is 1. The molecule has 82 valence electrons. The fourth-order valence-corrected chi connectivity index (χ4v) is 2.27. The Kier molecular flexibility index (Phi) is 2.36. The Hall–Kier alpha value is -1.42. The Morgan fingerprint density at radius 2 is 2.31 bits per heavy atom. The average Bonchev–Trinajstić information content (AvgIpc) is 2.63. The van der Waals surface area contributed by atoms with Crippen molar-refractivity contribution in [2.24, 2.45) is 16.9 Å². The van der Waals surface area contributed by atoms with Gasteiger partial charge in [0.2, 0.25) is 0 Å². The number of hydrazone groups is 1. The third-order valence-corrected chi connectivity index (χ3v) is 3.31. The monoisotopic (exact) mass is 234 g/mol. The van der Waals surface area contributed by atoms with E-state index in [4.69, 9.17) is 11.6 Å². The summed E-state index contributed by atoms with van der Waals surface area (Å²) >= 11 is 5.64. The van der Waals surface area contributed by atoms with Crippen molar-refractivity contribution >= 4 is 23.1 Å². The minimum absolute atomic E-state index is 0.391. The molecule has 0 radical (unpaired) electrons. The standard InChI is InChI=1S/C11H11ClN4/c12-10-4-5-11(16-14-10)15-13-9-6-7-2-1-3-8(7)9/h1-2,4-5,7-8H,3,6H2,(H,15,16)/b13-9-/t7-,8-/m1/s1. The normalized spacial score (nSPS) is 28.9. The van der Waals surface area contributed by atoms with Gasteiger partial charge in [-0.2, -0.15) is 5.10 Å². The van der Waals surface area contributed by atoms with Gasteiger partial charge >= 0.3 is 0 Å². The molecule has 16 heavy (non-hydrogen) atoms. The lowest BCUT2D eigenvalue weighted by molar-refractivity contribution is 0.466. The first-order valence-electron chi connectivity index (χ1n) is 5.31. The van der Waals surface area contributed by atoms with Crippen LogP contribution in [0.15, 0.2) is 29.4 Å². The molecule has 3 rings (SSSR count). The Balaban J connectivity index is 1.64. The molecule has 5 heteroatoms. The van der Waals surface area contributed by atoms with Crippen molar-refractivity contribution in [1.82, 2.24) is 10.2 Å². The van der Waals surface area contributed by atoms with E-state index in [2.05, 4.69) is 32.9 Å². The zero-order valence-electron chi connectivity index (χ0n) is 8.60. The predicted octanol–water partition coefficient (Wildman–Crippen LogP) is 2.49. The maximum Gasteiger partial charge on any atom is 0.168 e. The van der Waals surface area contributed by atoms with Gasteiger partial charge in [0, 0.05) is 11.6 Å². The van der Waals surface area contributed by atoms with Crippen LogP contribution < -0.4 is 5.43 Å². The number of hydrogen-bond acceptors (Lipinski definition) is 4. The van der Waals surface area contributed by atoms with Gasteiger partial charge in [0.25, 0.3) is 0 Å². The van der Waals surface area contributed by atoms with Crippen LogP contribution in [0.25, 0.3) is 0 Å². The molecule has 4 nitrogen and oxygen atoms in total. The maximum atomic E-state index is 5.64. The fourth-order valence-electron chi connectivity index (χ4n) is 2.17. The molecule has 0 amide bonds. The minimum atomic E-state index is 0.391. The molecule has 0 saturated heterocycles. The van der Waals surface area contributed by atoms with Gasteiger partial charge in [-0.3, -0.25) is 5.43 Å². The Bertz CT molecular complexity index is 452. The van der Waals surface area contributed by atoms with Gasteiger partial charge in [-0.1, -0.05) is 23.8 Å². The van der Waals surface area contributed by atoms with E-state index in [0.717, 1.165) is 18.8 Å². The zero-order valence-corrected chi connectivity index (χ0v) is 9.35. The van der Waals surface area contributed by atoms with Crippen LogP contribution in [0.3, 0.4) is 0 Å². The first kappa shape index (κ1) is 9.78. The summed E-state index contributed by atoms with van der Waals surface area (Å²) in [5.74, 6) is 1.97. The molecule has 1 aromatic heterocycles. The number of hydrogen-bond donors (Lipinski definition) is 1. The maximum absolute atomic E-state index is 5.64. The molecule has 0 aliphatic heterocycles. The topological polar surface area (TPSA) is 50.2 Å². The van der Waals surface area contributed by atoms with E-state index in [9.17, 15) is 0 Å². The Morgan fingerprint density at radius 3 is 3.06 bits per heavy atom. The quantitative estimate of drug-likeness (QED) is 0.632. The van der Waals surface area contributed by atoms with Gasteiger partial charge in [-0.05, 0) is 30.9 Å². The largest absolute Gasteiger partial charge is 0.260 e. The molecular weight excluding hydrogens is 224 g/mol. The lowest BCUT2D eigenvalue weighted by Gasteiger charge is -2.31. The fraction of sp³-hybridized carbons (Fsp3) is 0.364. The Morgan fingerprint density at radius 1 is 1.38 bits per heavy atom. The van der Waals surface area contributed by atoms with Gasteiger partial charge in [0.05, 0.1) is 0 Å². The summed E-state index contributed by atoms with van der Waals surface area (Å²) in [4.78, 5) is 0. The number of aromatic nitrogens is 2. The molecule has 1 fully saturated rings. The molecular formula is C11H11ClN4. The van der Waals surface area contributed by atoms with E-state index in [1.54, 1.807) is 12.1 Å². The summed E-state index contributed by atoms with van der Waals surface area (Å²) in [5.41, 5.74) is 4.14. The van der Waals surface area contributed by atoms with Crippen molar-refractivity contribution in [3.8, 4) is 0 Å². The van der Waals surface area contributed by atoms with E-state index in [1.807, 2.05) is 0 Å². The Labute approximate surface area is 98.4 Å². The second-order valence-corrected chi connectivity index (χ2v) is 4.48. The number of rotatable bonds is 2. The lowest BCUT2D eigenvalue weighted by Crippen LogP contribution is -2.33. The third-order valence-electron chi connectivity index (χ3n) is 3.11. The van der Waals surface area contributed by atoms with Gasteiger partial charge in [0.1, 0.15) is 0 Å². The SMILES string of the molecule is Clc1ccc(N/N=C2/C[C@H]3C=CC[C@@H]23)nn1. The summed E-state index contributed by atoms with van der Waals surface area (Å²) in [6.45, 7) is 0. The van der Waals surface area contributed by atoms with Crippen molar-refractivity contribution in [2.75, 3.05) is 5.43 Å². The highest BCUT2D eigenvalue weighted by Gasteiger charge is 2.37. The second-order valence-electron chi connectivity index (χ2n) is 4.09.